The van der Waals surface area contributed by atoms with Crippen molar-refractivity contribution in [3.05, 3.63) is 109 Å². The summed E-state index contributed by atoms with van der Waals surface area (Å²) in [5.41, 5.74) is 0. The van der Waals surface area contributed by atoms with Gasteiger partial charge in [-0.25, -0.2) is 0 Å². The van der Waals surface area contributed by atoms with Gasteiger partial charge in [0.15, 0.2) is 6.10 Å². The van der Waals surface area contributed by atoms with Crippen molar-refractivity contribution in [1.29, 1.82) is 0 Å². The number of carbonyl (C=O) groups is 3. The van der Waals surface area contributed by atoms with Gasteiger partial charge in [-0.2, -0.15) is 0 Å². The summed E-state index contributed by atoms with van der Waals surface area (Å²) in [6.07, 6.45) is 92.5. The lowest BCUT2D eigenvalue weighted by molar-refractivity contribution is -0.167. The van der Waals surface area contributed by atoms with E-state index >= 15 is 0 Å². The molecule has 6 heteroatoms. The molecule has 0 radical (unpaired) electrons. The van der Waals surface area contributed by atoms with Crippen LogP contribution in [0.5, 0.6) is 0 Å². The van der Waals surface area contributed by atoms with Crippen molar-refractivity contribution in [2.45, 2.75) is 329 Å². The quantitative estimate of drug-likeness (QED) is 0.0261. The molecule has 0 rings (SSSR count). The van der Waals surface area contributed by atoms with Gasteiger partial charge in [0, 0.05) is 19.3 Å². The van der Waals surface area contributed by atoms with Gasteiger partial charge >= 0.3 is 17.9 Å². The van der Waals surface area contributed by atoms with Crippen LogP contribution >= 0.6 is 0 Å². The molecule has 0 aliphatic rings. The Labute approximate surface area is 495 Å². The van der Waals surface area contributed by atoms with E-state index in [9.17, 15) is 14.4 Å². The van der Waals surface area contributed by atoms with Gasteiger partial charge in [-0.05, 0) is 109 Å². The van der Waals surface area contributed by atoms with Crippen molar-refractivity contribution < 1.29 is 28.6 Å². The van der Waals surface area contributed by atoms with Crippen LogP contribution in [0.25, 0.3) is 0 Å². The van der Waals surface area contributed by atoms with Crippen LogP contribution in [0, 0.1) is 0 Å². The number of esters is 3. The van der Waals surface area contributed by atoms with E-state index in [0.717, 1.165) is 128 Å². The van der Waals surface area contributed by atoms with E-state index in [-0.39, 0.29) is 31.1 Å². The van der Waals surface area contributed by atoms with Crippen LogP contribution in [0.2, 0.25) is 0 Å². The van der Waals surface area contributed by atoms with Crippen LogP contribution in [0.3, 0.4) is 0 Å². The Morgan fingerprint density at radius 1 is 0.263 bits per heavy atom. The second kappa shape index (κ2) is 67.6. The van der Waals surface area contributed by atoms with Crippen molar-refractivity contribution in [1.82, 2.24) is 0 Å². The largest absolute Gasteiger partial charge is 0.462 e. The van der Waals surface area contributed by atoms with Crippen LogP contribution in [0.15, 0.2) is 109 Å². The number of ether oxygens (including phenoxy) is 3. The molecule has 0 saturated carbocycles. The van der Waals surface area contributed by atoms with Gasteiger partial charge in [-0.3, -0.25) is 14.4 Å². The first-order valence-corrected chi connectivity index (χ1v) is 33.9. The molecule has 0 saturated heterocycles. The van der Waals surface area contributed by atoms with Gasteiger partial charge in [0.1, 0.15) is 13.2 Å². The number of allylic oxidation sites excluding steroid dienone is 18. The van der Waals surface area contributed by atoms with Gasteiger partial charge in [-0.1, -0.05) is 304 Å². The first-order valence-electron chi connectivity index (χ1n) is 33.9. The highest BCUT2D eigenvalue weighted by Gasteiger charge is 2.19. The molecule has 1 unspecified atom stereocenters. The molecule has 0 heterocycles. The molecular weight excluding hydrogens is 985 g/mol. The Morgan fingerprint density at radius 2 is 0.487 bits per heavy atom. The highest BCUT2D eigenvalue weighted by Crippen LogP contribution is 2.16. The van der Waals surface area contributed by atoms with Crippen LogP contribution in [-0.4, -0.2) is 37.2 Å². The molecule has 458 valence electrons. The summed E-state index contributed by atoms with van der Waals surface area (Å²) in [5, 5.41) is 0. The normalized spacial score (nSPS) is 12.8. The Balaban J connectivity index is 4.24. The van der Waals surface area contributed by atoms with Crippen LogP contribution in [-0.2, 0) is 28.6 Å². The zero-order chi connectivity index (χ0) is 57.8. The fourth-order valence-electron chi connectivity index (χ4n) is 9.45. The van der Waals surface area contributed by atoms with Crippen molar-refractivity contribution in [3.63, 3.8) is 0 Å². The Hall–Kier alpha value is -3.93. The number of unbranched alkanes of at least 4 members (excludes halogenated alkanes) is 32. The summed E-state index contributed by atoms with van der Waals surface area (Å²) in [4.78, 5) is 38.3. The Kier molecular flexibility index (Phi) is 64.3. The summed E-state index contributed by atoms with van der Waals surface area (Å²) >= 11 is 0. The molecule has 80 heavy (non-hydrogen) atoms. The van der Waals surface area contributed by atoms with Gasteiger partial charge < -0.3 is 14.2 Å². The van der Waals surface area contributed by atoms with E-state index in [0.29, 0.717) is 19.3 Å². The van der Waals surface area contributed by atoms with E-state index < -0.39 is 6.10 Å². The summed E-state index contributed by atoms with van der Waals surface area (Å²) in [6, 6.07) is 0. The second-order valence-corrected chi connectivity index (χ2v) is 22.4. The highest BCUT2D eigenvalue weighted by atomic mass is 16.6. The summed E-state index contributed by atoms with van der Waals surface area (Å²) in [6.45, 7) is 6.52. The predicted octanol–water partition coefficient (Wildman–Crippen LogP) is 23.4. The zero-order valence-corrected chi connectivity index (χ0v) is 52.6. The van der Waals surface area contributed by atoms with Crippen LogP contribution in [0.4, 0.5) is 0 Å². The van der Waals surface area contributed by atoms with Crippen molar-refractivity contribution in [3.8, 4) is 0 Å². The van der Waals surface area contributed by atoms with E-state index in [1.165, 1.54) is 154 Å². The lowest BCUT2D eigenvalue weighted by atomic mass is 10.0. The average Bonchev–Trinajstić information content (AvgIpc) is 3.46. The molecule has 6 nitrogen and oxygen atoms in total. The van der Waals surface area contributed by atoms with E-state index in [2.05, 4.69) is 130 Å². The standard InChI is InChI=1S/C74H126O6/c1-4-7-10-13-16-19-22-25-27-29-30-31-32-33-34-35-36-37-38-39-40-41-42-43-44-45-47-49-52-55-58-61-64-67-73(76)79-70-71(69-78-72(75)66-63-60-57-54-51-48-24-21-18-15-12-9-6-3)80-74(77)68-65-62-59-56-53-50-46-28-26-23-20-17-14-11-8-5-2/h7,10,16,19-20,23,25,27-28,30-31,33-34,36-37,39-40,46,71H,4-6,8-9,11-15,17-18,21-22,24,26,29,32,35,38,41-45,47-70H2,1-3H3/b10-7-,19-16-,23-20-,27-25-,31-30-,34-33-,37-36-,40-39-,46-28-. The molecule has 0 aliphatic heterocycles. The first-order chi connectivity index (χ1) is 39.5. The maximum Gasteiger partial charge on any atom is 0.306 e. The minimum absolute atomic E-state index is 0.0811. The summed E-state index contributed by atoms with van der Waals surface area (Å²) in [5.74, 6) is -0.887. The Morgan fingerprint density at radius 3 is 0.775 bits per heavy atom. The molecule has 0 aliphatic carbocycles. The summed E-state index contributed by atoms with van der Waals surface area (Å²) < 4.78 is 16.9. The highest BCUT2D eigenvalue weighted by molar-refractivity contribution is 5.71. The minimum Gasteiger partial charge on any atom is -0.462 e. The van der Waals surface area contributed by atoms with Crippen molar-refractivity contribution >= 4 is 17.9 Å². The van der Waals surface area contributed by atoms with E-state index in [1.54, 1.807) is 0 Å². The second-order valence-electron chi connectivity index (χ2n) is 22.4. The number of hydrogen-bond acceptors (Lipinski definition) is 6. The van der Waals surface area contributed by atoms with Gasteiger partial charge in [0.2, 0.25) is 0 Å². The van der Waals surface area contributed by atoms with Gasteiger partial charge in [0.05, 0.1) is 0 Å². The fraction of sp³-hybridized carbons (Fsp3) is 0.716. The van der Waals surface area contributed by atoms with E-state index in [1.807, 2.05) is 0 Å². The molecule has 0 aromatic rings. The summed E-state index contributed by atoms with van der Waals surface area (Å²) in [7, 11) is 0. The molecule has 0 spiro atoms. The third-order valence-corrected chi connectivity index (χ3v) is 14.5. The van der Waals surface area contributed by atoms with E-state index in [4.69, 9.17) is 14.2 Å². The minimum atomic E-state index is -0.786. The number of rotatable bonds is 61. The van der Waals surface area contributed by atoms with Gasteiger partial charge in [0.25, 0.3) is 0 Å². The molecule has 0 aromatic heterocycles. The Bertz CT molecular complexity index is 1610. The maximum absolute atomic E-state index is 12.9. The molecule has 0 aromatic carbocycles. The smallest absolute Gasteiger partial charge is 0.306 e. The lowest BCUT2D eigenvalue weighted by Gasteiger charge is -2.18. The predicted molar refractivity (Wildman–Crippen MR) is 348 cm³/mol. The van der Waals surface area contributed by atoms with Crippen LogP contribution in [0.1, 0.15) is 323 Å². The SMILES string of the molecule is CC/C=C\C/C=C\C/C=C\C/C=C\C/C=C\C/C=C\C/C=C\CCCCCCCCCCCCCC(=O)OCC(COC(=O)CCCCCCCCCCCCCCC)OC(=O)CCCCCCC/C=C\C/C=C\CCCCCC. The molecule has 0 bridgehead atoms. The maximum atomic E-state index is 12.9. The monoisotopic (exact) mass is 1110 g/mol. The van der Waals surface area contributed by atoms with Crippen LogP contribution < -0.4 is 0 Å². The third-order valence-electron chi connectivity index (χ3n) is 14.5. The molecular formula is C74H126O6. The van der Waals surface area contributed by atoms with Crippen molar-refractivity contribution in [2.24, 2.45) is 0 Å². The zero-order valence-electron chi connectivity index (χ0n) is 52.6. The molecule has 0 fully saturated rings. The molecule has 0 amide bonds. The topological polar surface area (TPSA) is 78.9 Å². The lowest BCUT2D eigenvalue weighted by Crippen LogP contribution is -2.30. The first kappa shape index (κ1) is 76.1. The number of hydrogen-bond donors (Lipinski definition) is 0. The van der Waals surface area contributed by atoms with Crippen molar-refractivity contribution in [2.75, 3.05) is 13.2 Å². The third kappa shape index (κ3) is 64.9. The van der Waals surface area contributed by atoms with Gasteiger partial charge in [-0.15, -0.1) is 0 Å². The average molecular weight is 1110 g/mol. The molecule has 0 N–H and O–H groups in total. The molecule has 1 atom stereocenters. The number of carbonyl (C=O) groups excluding carboxylic acids is 3. The fourth-order valence-corrected chi connectivity index (χ4v) is 9.45.